The second kappa shape index (κ2) is 5.07. The van der Waals surface area contributed by atoms with Crippen LogP contribution in [-0.2, 0) is 4.74 Å². The first-order valence-corrected chi connectivity index (χ1v) is 6.32. The highest BCUT2D eigenvalue weighted by Crippen LogP contribution is 2.22. The van der Waals surface area contributed by atoms with Crippen molar-refractivity contribution in [1.29, 1.82) is 0 Å². The summed E-state index contributed by atoms with van der Waals surface area (Å²) in [5.74, 6) is 0. The summed E-state index contributed by atoms with van der Waals surface area (Å²) >= 11 is 0. The van der Waals surface area contributed by atoms with Gasteiger partial charge < -0.3 is 15.4 Å². The van der Waals surface area contributed by atoms with Crippen LogP contribution >= 0.6 is 0 Å². The molecule has 17 heavy (non-hydrogen) atoms. The lowest BCUT2D eigenvalue weighted by atomic mass is 10.1. The van der Waals surface area contributed by atoms with Gasteiger partial charge in [-0.15, -0.1) is 0 Å². The topological polar surface area (TPSA) is 38.5 Å². The summed E-state index contributed by atoms with van der Waals surface area (Å²) in [4.78, 5) is 2.38. The predicted molar refractivity (Wildman–Crippen MR) is 71.3 cm³/mol. The fourth-order valence-corrected chi connectivity index (χ4v) is 2.38. The Labute approximate surface area is 104 Å². The Bertz CT molecular complexity index is 351. The fraction of sp³-hybridized carbons (Fsp3) is 0.571. The quantitative estimate of drug-likeness (QED) is 0.853. The fourth-order valence-electron chi connectivity index (χ4n) is 2.38. The largest absolute Gasteiger partial charge is 0.372 e. The third kappa shape index (κ3) is 2.99. The van der Waals surface area contributed by atoms with Crippen LogP contribution in [0.15, 0.2) is 24.3 Å². The molecule has 2 rings (SSSR count). The zero-order chi connectivity index (χ0) is 12.4. The van der Waals surface area contributed by atoms with Gasteiger partial charge in [0.05, 0.1) is 12.2 Å². The summed E-state index contributed by atoms with van der Waals surface area (Å²) < 4.78 is 5.74. The van der Waals surface area contributed by atoms with Crippen molar-refractivity contribution >= 4 is 5.69 Å². The second-order valence-electron chi connectivity index (χ2n) is 5.04. The van der Waals surface area contributed by atoms with Crippen LogP contribution in [0.3, 0.4) is 0 Å². The Morgan fingerprint density at radius 2 is 1.71 bits per heavy atom. The third-order valence-corrected chi connectivity index (χ3v) is 3.20. The maximum atomic E-state index is 5.85. The molecule has 0 spiro atoms. The number of rotatable bonds is 2. The zero-order valence-electron chi connectivity index (χ0n) is 10.9. The third-order valence-electron chi connectivity index (χ3n) is 3.20. The van der Waals surface area contributed by atoms with E-state index in [-0.39, 0.29) is 6.04 Å². The Hall–Kier alpha value is -1.06. The standard InChI is InChI=1S/C14H22N2O/c1-10-8-16(9-11(2)17-10)14-6-4-13(5-7-14)12(3)15/h4-7,10-12H,8-9,15H2,1-3H3/t10?,11?,12-/m0/s1. The molecule has 2 N–H and O–H groups in total. The molecule has 3 atom stereocenters. The van der Waals surface area contributed by atoms with Gasteiger partial charge in [0.15, 0.2) is 0 Å². The van der Waals surface area contributed by atoms with E-state index < -0.39 is 0 Å². The number of anilines is 1. The van der Waals surface area contributed by atoms with Gasteiger partial charge in [0.1, 0.15) is 0 Å². The molecule has 94 valence electrons. The molecule has 3 nitrogen and oxygen atoms in total. The second-order valence-corrected chi connectivity index (χ2v) is 5.04. The van der Waals surface area contributed by atoms with Crippen molar-refractivity contribution in [3.05, 3.63) is 29.8 Å². The number of morpholine rings is 1. The molecule has 0 bridgehead atoms. The van der Waals surface area contributed by atoms with E-state index in [1.807, 2.05) is 6.92 Å². The molecule has 3 heteroatoms. The van der Waals surface area contributed by atoms with Gasteiger partial charge in [-0.3, -0.25) is 0 Å². The van der Waals surface area contributed by atoms with E-state index in [2.05, 4.69) is 43.0 Å². The van der Waals surface area contributed by atoms with Crippen LogP contribution in [0.4, 0.5) is 5.69 Å². The van der Waals surface area contributed by atoms with Crippen molar-refractivity contribution in [2.75, 3.05) is 18.0 Å². The Kier molecular flexibility index (Phi) is 3.69. The molecule has 0 aromatic heterocycles. The summed E-state index contributed by atoms with van der Waals surface area (Å²) in [6, 6.07) is 8.65. The molecule has 1 aliphatic rings. The van der Waals surface area contributed by atoms with Crippen molar-refractivity contribution in [3.63, 3.8) is 0 Å². The average molecular weight is 234 g/mol. The number of ether oxygens (including phenoxy) is 1. The molecule has 2 unspecified atom stereocenters. The van der Waals surface area contributed by atoms with E-state index in [0.717, 1.165) is 13.1 Å². The molecule has 0 aliphatic carbocycles. The summed E-state index contributed by atoms with van der Waals surface area (Å²) in [6.45, 7) is 8.18. The first kappa shape index (κ1) is 12.4. The van der Waals surface area contributed by atoms with Crippen molar-refractivity contribution in [1.82, 2.24) is 0 Å². The van der Waals surface area contributed by atoms with Gasteiger partial charge in [0, 0.05) is 24.8 Å². The van der Waals surface area contributed by atoms with Gasteiger partial charge in [-0.05, 0) is 38.5 Å². The summed E-state index contributed by atoms with van der Waals surface area (Å²) in [6.07, 6.45) is 0.596. The van der Waals surface area contributed by atoms with Gasteiger partial charge in [-0.2, -0.15) is 0 Å². The minimum absolute atomic E-state index is 0.103. The normalized spacial score (nSPS) is 26.9. The van der Waals surface area contributed by atoms with E-state index in [9.17, 15) is 0 Å². The summed E-state index contributed by atoms with van der Waals surface area (Å²) in [7, 11) is 0. The van der Waals surface area contributed by atoms with E-state index in [1.54, 1.807) is 0 Å². The van der Waals surface area contributed by atoms with Crippen molar-refractivity contribution < 1.29 is 4.74 Å². The summed E-state index contributed by atoms with van der Waals surface area (Å²) in [5.41, 5.74) is 8.30. The lowest BCUT2D eigenvalue weighted by Gasteiger charge is -2.37. The van der Waals surface area contributed by atoms with Gasteiger partial charge in [-0.25, -0.2) is 0 Å². The predicted octanol–water partition coefficient (Wildman–Crippen LogP) is 2.32. The van der Waals surface area contributed by atoms with E-state index in [1.165, 1.54) is 11.3 Å². The van der Waals surface area contributed by atoms with Gasteiger partial charge in [0.2, 0.25) is 0 Å². The van der Waals surface area contributed by atoms with E-state index in [4.69, 9.17) is 10.5 Å². The van der Waals surface area contributed by atoms with Crippen LogP contribution in [0.25, 0.3) is 0 Å². The molecule has 1 aromatic rings. The first-order chi connectivity index (χ1) is 8.06. The monoisotopic (exact) mass is 234 g/mol. The van der Waals surface area contributed by atoms with Crippen molar-refractivity contribution in [2.45, 2.75) is 39.0 Å². The molecule has 1 fully saturated rings. The lowest BCUT2D eigenvalue weighted by Crippen LogP contribution is -2.45. The van der Waals surface area contributed by atoms with Crippen LogP contribution in [0.1, 0.15) is 32.4 Å². The van der Waals surface area contributed by atoms with Gasteiger partial charge in [0.25, 0.3) is 0 Å². The van der Waals surface area contributed by atoms with Gasteiger partial charge in [-0.1, -0.05) is 12.1 Å². The maximum Gasteiger partial charge on any atom is 0.0726 e. The number of hydrogen-bond donors (Lipinski definition) is 1. The Balaban J connectivity index is 2.11. The molecule has 1 aromatic carbocycles. The number of nitrogens with two attached hydrogens (primary N) is 1. The summed E-state index contributed by atoms with van der Waals surface area (Å²) in [5, 5.41) is 0. The highest BCUT2D eigenvalue weighted by molar-refractivity contribution is 5.48. The van der Waals surface area contributed by atoms with Crippen molar-refractivity contribution in [2.24, 2.45) is 5.73 Å². The highest BCUT2D eigenvalue weighted by atomic mass is 16.5. The maximum absolute atomic E-state index is 5.85. The average Bonchev–Trinajstić information content (AvgIpc) is 2.28. The molecular formula is C14H22N2O. The Morgan fingerprint density at radius 3 is 2.18 bits per heavy atom. The minimum atomic E-state index is 0.103. The minimum Gasteiger partial charge on any atom is -0.372 e. The van der Waals surface area contributed by atoms with E-state index in [0.29, 0.717) is 12.2 Å². The zero-order valence-corrected chi connectivity index (χ0v) is 10.9. The molecular weight excluding hydrogens is 212 g/mol. The van der Waals surface area contributed by atoms with E-state index >= 15 is 0 Å². The Morgan fingerprint density at radius 1 is 1.18 bits per heavy atom. The highest BCUT2D eigenvalue weighted by Gasteiger charge is 2.22. The van der Waals surface area contributed by atoms with Crippen LogP contribution in [0, 0.1) is 0 Å². The smallest absolute Gasteiger partial charge is 0.0726 e. The van der Waals surface area contributed by atoms with Crippen LogP contribution in [0.2, 0.25) is 0 Å². The number of benzene rings is 1. The molecule has 0 radical (unpaired) electrons. The SMILES string of the molecule is CC1CN(c2ccc([C@H](C)N)cc2)CC(C)O1. The lowest BCUT2D eigenvalue weighted by molar-refractivity contribution is -0.00521. The van der Waals surface area contributed by atoms with Crippen molar-refractivity contribution in [3.8, 4) is 0 Å². The van der Waals surface area contributed by atoms with Gasteiger partial charge >= 0.3 is 0 Å². The first-order valence-electron chi connectivity index (χ1n) is 6.32. The molecule has 1 aliphatic heterocycles. The van der Waals surface area contributed by atoms with Crippen LogP contribution in [-0.4, -0.2) is 25.3 Å². The van der Waals surface area contributed by atoms with Crippen LogP contribution in [0.5, 0.6) is 0 Å². The van der Waals surface area contributed by atoms with Crippen LogP contribution < -0.4 is 10.6 Å². The number of hydrogen-bond acceptors (Lipinski definition) is 3. The number of nitrogens with zero attached hydrogens (tertiary/aromatic N) is 1. The molecule has 0 saturated carbocycles. The molecule has 1 heterocycles. The molecule has 0 amide bonds. The molecule has 1 saturated heterocycles.